The van der Waals surface area contributed by atoms with Crippen molar-refractivity contribution in [3.8, 4) is 0 Å². The van der Waals surface area contributed by atoms with E-state index in [0.29, 0.717) is 32.2 Å². The maximum absolute atomic E-state index is 14.0. The number of benzene rings is 1. The summed E-state index contributed by atoms with van der Waals surface area (Å²) in [5.74, 6) is -0.929. The van der Waals surface area contributed by atoms with Crippen LogP contribution in [0.15, 0.2) is 18.2 Å². The first-order valence-corrected chi connectivity index (χ1v) is 6.81. The number of rotatable bonds is 4. The van der Waals surface area contributed by atoms with Crippen LogP contribution in [0, 0.1) is 5.82 Å². The molecule has 0 aromatic heterocycles. The molecule has 7 heteroatoms. The molecule has 1 N–H and O–H groups in total. The van der Waals surface area contributed by atoms with E-state index in [2.05, 4.69) is 5.32 Å². The van der Waals surface area contributed by atoms with Crippen LogP contribution in [0.4, 0.5) is 22.0 Å². The third-order valence-corrected chi connectivity index (χ3v) is 3.66. The lowest BCUT2D eigenvalue weighted by Crippen LogP contribution is -2.45. The molecule has 0 spiro atoms. The van der Waals surface area contributed by atoms with E-state index < -0.39 is 30.3 Å². The number of hydrogen-bond acceptors (Lipinski definition) is 2. The molecule has 1 saturated heterocycles. The zero-order valence-electron chi connectivity index (χ0n) is 11.4. The fraction of sp³-hybridized carbons (Fsp3) is 0.571. The van der Waals surface area contributed by atoms with Crippen molar-refractivity contribution in [3.05, 3.63) is 35.1 Å². The van der Waals surface area contributed by atoms with Crippen LogP contribution in [0.3, 0.4) is 0 Å². The highest BCUT2D eigenvalue weighted by molar-refractivity contribution is 5.29. The average Bonchev–Trinajstić information content (AvgIpc) is 2.45. The Bertz CT molecular complexity index is 469. The molecule has 2 nitrogen and oxygen atoms in total. The van der Waals surface area contributed by atoms with Crippen molar-refractivity contribution < 1.29 is 22.0 Å². The van der Waals surface area contributed by atoms with E-state index in [1.165, 1.54) is 0 Å². The maximum Gasteiger partial charge on any atom is 0.416 e. The molecule has 1 heterocycles. The van der Waals surface area contributed by atoms with Gasteiger partial charge in [-0.1, -0.05) is 6.07 Å². The molecule has 0 bridgehead atoms. The van der Waals surface area contributed by atoms with E-state index in [1.807, 2.05) is 4.90 Å². The summed E-state index contributed by atoms with van der Waals surface area (Å²) >= 11 is 0. The summed E-state index contributed by atoms with van der Waals surface area (Å²) in [6.07, 6.45) is -4.51. The molecule has 1 fully saturated rings. The Balaban J connectivity index is 2.27. The Morgan fingerprint density at radius 2 is 1.86 bits per heavy atom. The third-order valence-electron chi connectivity index (χ3n) is 3.66. The molecule has 0 amide bonds. The van der Waals surface area contributed by atoms with Crippen molar-refractivity contribution in [3.63, 3.8) is 0 Å². The minimum atomic E-state index is -4.58. The summed E-state index contributed by atoms with van der Waals surface area (Å²) in [5, 5.41) is 3.13. The highest BCUT2D eigenvalue weighted by Crippen LogP contribution is 2.33. The predicted octanol–water partition coefficient (Wildman–Crippen LogP) is 3.15. The summed E-state index contributed by atoms with van der Waals surface area (Å²) in [6.45, 7) is 1.99. The zero-order valence-corrected chi connectivity index (χ0v) is 11.4. The first-order chi connectivity index (χ1) is 9.93. The Labute approximate surface area is 119 Å². The van der Waals surface area contributed by atoms with E-state index in [4.69, 9.17) is 0 Å². The summed E-state index contributed by atoms with van der Waals surface area (Å²) in [6, 6.07) is 1.94. The molecule has 0 radical (unpaired) electrons. The first kappa shape index (κ1) is 16.2. The predicted molar refractivity (Wildman–Crippen MR) is 69.2 cm³/mol. The second-order valence-corrected chi connectivity index (χ2v) is 5.01. The van der Waals surface area contributed by atoms with Gasteiger partial charge in [0.2, 0.25) is 0 Å². The van der Waals surface area contributed by atoms with Gasteiger partial charge < -0.3 is 5.32 Å². The fourth-order valence-electron chi connectivity index (χ4n) is 2.61. The summed E-state index contributed by atoms with van der Waals surface area (Å²) in [5.41, 5.74) is -0.898. The van der Waals surface area contributed by atoms with Crippen molar-refractivity contribution in [2.24, 2.45) is 0 Å². The molecule has 1 aliphatic rings. The number of halogens is 5. The van der Waals surface area contributed by atoms with Gasteiger partial charge in [-0.3, -0.25) is 9.29 Å². The molecular weight excluding hydrogens is 291 g/mol. The van der Waals surface area contributed by atoms with Gasteiger partial charge in [-0.25, -0.2) is 4.39 Å². The van der Waals surface area contributed by atoms with E-state index in [-0.39, 0.29) is 12.0 Å². The van der Waals surface area contributed by atoms with Gasteiger partial charge in [0.05, 0.1) is 12.2 Å². The first-order valence-electron chi connectivity index (χ1n) is 6.81. The lowest BCUT2D eigenvalue weighted by molar-refractivity contribution is -0.137. The van der Waals surface area contributed by atoms with Gasteiger partial charge in [0.1, 0.15) is 5.82 Å². The molecule has 2 rings (SSSR count). The zero-order chi connectivity index (χ0) is 15.5. The van der Waals surface area contributed by atoms with Gasteiger partial charge in [-0.2, -0.15) is 13.2 Å². The van der Waals surface area contributed by atoms with Crippen LogP contribution in [0.1, 0.15) is 23.6 Å². The molecule has 0 aliphatic carbocycles. The van der Waals surface area contributed by atoms with Crippen LogP contribution in [0.2, 0.25) is 0 Å². The van der Waals surface area contributed by atoms with Crippen LogP contribution >= 0.6 is 0 Å². The normalized spacial score (nSPS) is 18.7. The van der Waals surface area contributed by atoms with Gasteiger partial charge in [0.25, 0.3) is 0 Å². The smallest absolute Gasteiger partial charge is 0.314 e. The Hall–Kier alpha value is -1.21. The topological polar surface area (TPSA) is 15.3 Å². The Kier molecular flexibility index (Phi) is 5.16. The van der Waals surface area contributed by atoms with Gasteiger partial charge >= 0.3 is 6.18 Å². The van der Waals surface area contributed by atoms with Gasteiger partial charge in [0.15, 0.2) is 0 Å². The standard InChI is InChI=1S/C14H17F5N2/c15-4-3-13(21-7-5-20-6-8-21)11-2-1-10(9-12(11)16)14(17,18)19/h1-2,9,13,20H,3-8H2/t13-/m1/s1. The van der Waals surface area contributed by atoms with Crippen LogP contribution in [-0.2, 0) is 6.18 Å². The quantitative estimate of drug-likeness (QED) is 0.860. The van der Waals surface area contributed by atoms with Crippen molar-refractivity contribution in [1.82, 2.24) is 10.2 Å². The number of hydrogen-bond donors (Lipinski definition) is 1. The van der Waals surface area contributed by atoms with E-state index >= 15 is 0 Å². The summed E-state index contributed by atoms with van der Waals surface area (Å²) < 4.78 is 64.5. The molecule has 1 aliphatic heterocycles. The number of piperazine rings is 1. The van der Waals surface area contributed by atoms with Crippen molar-refractivity contribution in [1.29, 1.82) is 0 Å². The lowest BCUT2D eigenvalue weighted by Gasteiger charge is -2.35. The highest BCUT2D eigenvalue weighted by atomic mass is 19.4. The van der Waals surface area contributed by atoms with E-state index in [1.54, 1.807) is 0 Å². The highest BCUT2D eigenvalue weighted by Gasteiger charge is 2.32. The summed E-state index contributed by atoms with van der Waals surface area (Å²) in [7, 11) is 0. The van der Waals surface area contributed by atoms with Crippen molar-refractivity contribution in [2.75, 3.05) is 32.9 Å². The van der Waals surface area contributed by atoms with Crippen molar-refractivity contribution in [2.45, 2.75) is 18.6 Å². The number of alkyl halides is 4. The third kappa shape index (κ3) is 3.91. The molecule has 0 saturated carbocycles. The maximum atomic E-state index is 14.0. The SMILES string of the molecule is FCC[C@H](c1ccc(C(F)(F)F)cc1F)N1CCNCC1. The molecular formula is C14H17F5N2. The largest absolute Gasteiger partial charge is 0.416 e. The van der Waals surface area contributed by atoms with Crippen LogP contribution in [-0.4, -0.2) is 37.8 Å². The van der Waals surface area contributed by atoms with Crippen LogP contribution in [0.25, 0.3) is 0 Å². The summed E-state index contributed by atoms with van der Waals surface area (Å²) in [4.78, 5) is 1.90. The molecule has 118 valence electrons. The molecule has 0 unspecified atom stereocenters. The molecule has 1 atom stereocenters. The molecule has 21 heavy (non-hydrogen) atoms. The molecule has 1 aromatic carbocycles. The fourth-order valence-corrected chi connectivity index (χ4v) is 2.61. The molecule has 1 aromatic rings. The van der Waals surface area contributed by atoms with Gasteiger partial charge in [-0.15, -0.1) is 0 Å². The van der Waals surface area contributed by atoms with E-state index in [0.717, 1.165) is 12.1 Å². The average molecular weight is 308 g/mol. The number of nitrogens with zero attached hydrogens (tertiary/aromatic N) is 1. The second kappa shape index (κ2) is 6.70. The van der Waals surface area contributed by atoms with Crippen molar-refractivity contribution >= 4 is 0 Å². The Morgan fingerprint density at radius 3 is 2.38 bits per heavy atom. The van der Waals surface area contributed by atoms with Crippen LogP contribution in [0.5, 0.6) is 0 Å². The minimum absolute atomic E-state index is 0.0717. The van der Waals surface area contributed by atoms with Gasteiger partial charge in [0, 0.05) is 37.8 Å². The Morgan fingerprint density at radius 1 is 1.19 bits per heavy atom. The van der Waals surface area contributed by atoms with Gasteiger partial charge in [-0.05, 0) is 18.6 Å². The number of nitrogens with one attached hydrogen (secondary N) is 1. The van der Waals surface area contributed by atoms with Crippen LogP contribution < -0.4 is 5.32 Å². The minimum Gasteiger partial charge on any atom is -0.314 e. The monoisotopic (exact) mass is 308 g/mol. The lowest BCUT2D eigenvalue weighted by atomic mass is 9.99. The second-order valence-electron chi connectivity index (χ2n) is 5.01. The van der Waals surface area contributed by atoms with E-state index in [9.17, 15) is 22.0 Å².